The molecule has 3 rings (SSSR count). The summed E-state index contributed by atoms with van der Waals surface area (Å²) in [4.78, 5) is 8.72. The lowest BCUT2D eigenvalue weighted by Crippen LogP contribution is -1.87. The second kappa shape index (κ2) is 3.82. The zero-order valence-corrected chi connectivity index (χ0v) is 9.89. The standard InChI is InChI=1S/C12H9ClN4/c1-17-7-8(6-15-17)10-2-3-11-12(16-10)9(13)4-5-14-11/h2-7H,1H3. The molecule has 0 unspecified atom stereocenters. The van der Waals surface area contributed by atoms with Crippen molar-refractivity contribution in [3.05, 3.63) is 41.8 Å². The zero-order chi connectivity index (χ0) is 11.8. The second-order valence-electron chi connectivity index (χ2n) is 3.76. The van der Waals surface area contributed by atoms with Gasteiger partial charge in [-0.25, -0.2) is 4.98 Å². The van der Waals surface area contributed by atoms with Crippen LogP contribution in [0.4, 0.5) is 0 Å². The minimum absolute atomic E-state index is 0.612. The van der Waals surface area contributed by atoms with Gasteiger partial charge in [0, 0.05) is 25.0 Å². The lowest BCUT2D eigenvalue weighted by Gasteiger charge is -2.01. The van der Waals surface area contributed by atoms with Crippen LogP contribution < -0.4 is 0 Å². The molecule has 0 saturated heterocycles. The summed E-state index contributed by atoms with van der Waals surface area (Å²) in [7, 11) is 1.87. The summed E-state index contributed by atoms with van der Waals surface area (Å²) in [6, 6.07) is 5.57. The molecule has 84 valence electrons. The molecular weight excluding hydrogens is 236 g/mol. The first-order valence-corrected chi connectivity index (χ1v) is 5.52. The van der Waals surface area contributed by atoms with Crippen molar-refractivity contribution in [3.63, 3.8) is 0 Å². The average molecular weight is 245 g/mol. The number of aryl methyl sites for hydroxylation is 1. The van der Waals surface area contributed by atoms with Crippen molar-refractivity contribution in [1.29, 1.82) is 0 Å². The maximum atomic E-state index is 6.10. The summed E-state index contributed by atoms with van der Waals surface area (Å²) in [6.45, 7) is 0. The first kappa shape index (κ1) is 10.2. The van der Waals surface area contributed by atoms with Gasteiger partial charge in [-0.15, -0.1) is 0 Å². The molecule has 0 fully saturated rings. The number of nitrogens with zero attached hydrogens (tertiary/aromatic N) is 4. The van der Waals surface area contributed by atoms with Crippen LogP contribution in [0.25, 0.3) is 22.3 Å². The first-order chi connectivity index (χ1) is 8.24. The van der Waals surface area contributed by atoms with Crippen molar-refractivity contribution in [3.8, 4) is 11.3 Å². The number of rotatable bonds is 1. The van der Waals surface area contributed by atoms with Crippen molar-refractivity contribution in [2.75, 3.05) is 0 Å². The van der Waals surface area contributed by atoms with Crippen molar-refractivity contribution in [1.82, 2.24) is 19.7 Å². The van der Waals surface area contributed by atoms with Crippen molar-refractivity contribution in [2.24, 2.45) is 7.05 Å². The van der Waals surface area contributed by atoms with Gasteiger partial charge in [0.2, 0.25) is 0 Å². The lowest BCUT2D eigenvalue weighted by atomic mass is 10.2. The van der Waals surface area contributed by atoms with Crippen LogP contribution in [0.5, 0.6) is 0 Å². The molecule has 0 atom stereocenters. The van der Waals surface area contributed by atoms with Gasteiger partial charge in [-0.05, 0) is 18.2 Å². The van der Waals surface area contributed by atoms with Crippen molar-refractivity contribution in [2.45, 2.75) is 0 Å². The van der Waals surface area contributed by atoms with Crippen LogP contribution >= 0.6 is 11.6 Å². The van der Waals surface area contributed by atoms with Gasteiger partial charge in [-0.1, -0.05) is 11.6 Å². The number of pyridine rings is 2. The first-order valence-electron chi connectivity index (χ1n) is 5.14. The third-order valence-corrected chi connectivity index (χ3v) is 2.84. The Balaban J connectivity index is 2.22. The maximum Gasteiger partial charge on any atom is 0.108 e. The van der Waals surface area contributed by atoms with Gasteiger partial charge in [-0.3, -0.25) is 9.67 Å². The molecule has 0 saturated carbocycles. The Morgan fingerprint density at radius 1 is 1.24 bits per heavy atom. The molecule has 0 radical (unpaired) electrons. The fourth-order valence-corrected chi connectivity index (χ4v) is 1.90. The fraction of sp³-hybridized carbons (Fsp3) is 0.0833. The topological polar surface area (TPSA) is 43.6 Å². The SMILES string of the molecule is Cn1cc(-c2ccc3nccc(Cl)c3n2)cn1. The Morgan fingerprint density at radius 3 is 2.88 bits per heavy atom. The molecule has 0 aliphatic heterocycles. The summed E-state index contributed by atoms with van der Waals surface area (Å²) in [6.07, 6.45) is 5.37. The molecule has 17 heavy (non-hydrogen) atoms. The predicted octanol–water partition coefficient (Wildman–Crippen LogP) is 2.68. The largest absolute Gasteiger partial charge is 0.275 e. The van der Waals surface area contributed by atoms with E-state index in [1.807, 2.05) is 25.4 Å². The molecule has 0 aliphatic carbocycles. The van der Waals surface area contributed by atoms with Gasteiger partial charge in [0.25, 0.3) is 0 Å². The van der Waals surface area contributed by atoms with Crippen molar-refractivity contribution < 1.29 is 0 Å². The summed E-state index contributed by atoms with van der Waals surface area (Å²) >= 11 is 6.10. The highest BCUT2D eigenvalue weighted by Gasteiger charge is 2.06. The van der Waals surface area contributed by atoms with Crippen LogP contribution in [-0.2, 0) is 7.05 Å². The van der Waals surface area contributed by atoms with E-state index in [4.69, 9.17) is 11.6 Å². The van der Waals surface area contributed by atoms with Gasteiger partial charge in [0.15, 0.2) is 0 Å². The van der Waals surface area contributed by atoms with Crippen LogP contribution in [0.2, 0.25) is 5.02 Å². The molecule has 0 bridgehead atoms. The molecule has 4 nitrogen and oxygen atoms in total. The van der Waals surface area contributed by atoms with Crippen LogP contribution in [0, 0.1) is 0 Å². The number of hydrogen-bond donors (Lipinski definition) is 0. The molecule has 0 amide bonds. The Hall–Kier alpha value is -1.94. The monoisotopic (exact) mass is 244 g/mol. The maximum absolute atomic E-state index is 6.10. The molecule has 0 N–H and O–H groups in total. The quantitative estimate of drug-likeness (QED) is 0.661. The van der Waals surface area contributed by atoms with E-state index < -0.39 is 0 Å². The Kier molecular flexibility index (Phi) is 2.30. The average Bonchev–Trinajstić information content (AvgIpc) is 2.76. The molecule has 0 spiro atoms. The van der Waals surface area contributed by atoms with E-state index in [-0.39, 0.29) is 0 Å². The zero-order valence-electron chi connectivity index (χ0n) is 9.13. The molecular formula is C12H9ClN4. The van der Waals surface area contributed by atoms with Gasteiger partial charge in [0.1, 0.15) is 5.52 Å². The molecule has 0 aromatic carbocycles. The molecule has 3 aromatic rings. The molecule has 3 heterocycles. The fourth-order valence-electron chi connectivity index (χ4n) is 1.71. The highest BCUT2D eigenvalue weighted by atomic mass is 35.5. The van der Waals surface area contributed by atoms with E-state index in [0.717, 1.165) is 22.3 Å². The van der Waals surface area contributed by atoms with E-state index in [2.05, 4.69) is 15.1 Å². The van der Waals surface area contributed by atoms with E-state index in [0.29, 0.717) is 5.02 Å². The van der Waals surface area contributed by atoms with Crippen LogP contribution in [-0.4, -0.2) is 19.7 Å². The Bertz CT molecular complexity index is 690. The predicted molar refractivity (Wildman–Crippen MR) is 66.8 cm³/mol. The summed E-state index contributed by atoms with van der Waals surface area (Å²) in [5.74, 6) is 0. The minimum atomic E-state index is 0.612. The lowest BCUT2D eigenvalue weighted by molar-refractivity contribution is 0.768. The summed E-state index contributed by atoms with van der Waals surface area (Å²) < 4.78 is 1.74. The van der Waals surface area contributed by atoms with E-state index in [1.165, 1.54) is 0 Å². The van der Waals surface area contributed by atoms with E-state index in [1.54, 1.807) is 23.1 Å². The second-order valence-corrected chi connectivity index (χ2v) is 4.17. The van der Waals surface area contributed by atoms with Gasteiger partial charge < -0.3 is 0 Å². The molecule has 0 aliphatic rings. The van der Waals surface area contributed by atoms with Crippen LogP contribution in [0.15, 0.2) is 36.8 Å². The van der Waals surface area contributed by atoms with Crippen LogP contribution in [0.1, 0.15) is 0 Å². The van der Waals surface area contributed by atoms with Crippen LogP contribution in [0.3, 0.4) is 0 Å². The van der Waals surface area contributed by atoms with E-state index in [9.17, 15) is 0 Å². The molecule has 3 aromatic heterocycles. The van der Waals surface area contributed by atoms with Crippen molar-refractivity contribution >= 4 is 22.6 Å². The Labute approximate surface area is 103 Å². The summed E-state index contributed by atoms with van der Waals surface area (Å²) in [5, 5.41) is 4.74. The highest BCUT2D eigenvalue weighted by molar-refractivity contribution is 6.34. The Morgan fingerprint density at radius 2 is 2.12 bits per heavy atom. The number of aromatic nitrogens is 4. The number of hydrogen-bond acceptors (Lipinski definition) is 3. The minimum Gasteiger partial charge on any atom is -0.275 e. The van der Waals surface area contributed by atoms with Gasteiger partial charge in [0.05, 0.1) is 22.4 Å². The third kappa shape index (κ3) is 1.76. The number of fused-ring (bicyclic) bond motifs is 1. The van der Waals surface area contributed by atoms with Gasteiger partial charge >= 0.3 is 0 Å². The normalized spacial score (nSPS) is 10.9. The van der Waals surface area contributed by atoms with E-state index >= 15 is 0 Å². The smallest absolute Gasteiger partial charge is 0.108 e. The summed E-state index contributed by atoms with van der Waals surface area (Å²) in [5.41, 5.74) is 3.33. The number of halogens is 1. The highest BCUT2D eigenvalue weighted by Crippen LogP contribution is 2.23. The van der Waals surface area contributed by atoms with Gasteiger partial charge in [-0.2, -0.15) is 5.10 Å². The third-order valence-electron chi connectivity index (χ3n) is 2.54. The molecule has 5 heteroatoms.